The van der Waals surface area contributed by atoms with Gasteiger partial charge in [-0.15, -0.1) is 0 Å². The third-order valence-electron chi connectivity index (χ3n) is 3.38. The van der Waals surface area contributed by atoms with Crippen molar-refractivity contribution in [2.24, 2.45) is 11.7 Å². The van der Waals surface area contributed by atoms with E-state index >= 15 is 0 Å². The van der Waals surface area contributed by atoms with Crippen LogP contribution in [0.4, 0.5) is 4.79 Å². The molecule has 1 unspecified atom stereocenters. The van der Waals surface area contributed by atoms with E-state index in [0.29, 0.717) is 37.3 Å². The van der Waals surface area contributed by atoms with Crippen molar-refractivity contribution in [1.29, 1.82) is 0 Å². The van der Waals surface area contributed by atoms with Gasteiger partial charge in [0.15, 0.2) is 5.12 Å². The number of hydrogen-bond acceptors (Lipinski definition) is 6. The summed E-state index contributed by atoms with van der Waals surface area (Å²) in [7, 11) is 0. The summed E-state index contributed by atoms with van der Waals surface area (Å²) in [5, 5.41) is 11.7. The Kier molecular flexibility index (Phi) is 8.48. The topological polar surface area (TPSA) is 127 Å². The zero-order chi connectivity index (χ0) is 18.1. The maximum atomic E-state index is 12.4. The van der Waals surface area contributed by atoms with Gasteiger partial charge in [0.05, 0.1) is 5.69 Å². The van der Waals surface area contributed by atoms with Gasteiger partial charge < -0.3 is 16.2 Å². The molecule has 0 aliphatic carbocycles. The molecule has 0 aliphatic rings. The lowest BCUT2D eigenvalue weighted by Gasteiger charge is -2.19. The zero-order valence-corrected chi connectivity index (χ0v) is 14.7. The van der Waals surface area contributed by atoms with Crippen molar-refractivity contribution < 1.29 is 19.5 Å². The van der Waals surface area contributed by atoms with E-state index in [0.717, 1.165) is 16.3 Å². The van der Waals surface area contributed by atoms with Gasteiger partial charge in [-0.05, 0) is 26.3 Å². The Labute approximate surface area is 145 Å². The first-order valence-electron chi connectivity index (χ1n) is 7.73. The van der Waals surface area contributed by atoms with E-state index < -0.39 is 6.09 Å². The van der Waals surface area contributed by atoms with E-state index in [2.05, 4.69) is 10.3 Å². The first-order chi connectivity index (χ1) is 11.3. The summed E-state index contributed by atoms with van der Waals surface area (Å²) in [6.45, 7) is 3.80. The summed E-state index contributed by atoms with van der Waals surface area (Å²) in [6.07, 6.45) is 3.31. The maximum absolute atomic E-state index is 12.4. The number of amides is 1. The number of imidazole rings is 1. The molecule has 0 fully saturated rings. The van der Waals surface area contributed by atoms with Crippen LogP contribution < -0.4 is 11.1 Å². The SMILES string of the molecule is CC(=O)SCC(CCCN)C(=O)N[C@H](C)Cc1cn(C(=O)O)cn1. The molecule has 0 aromatic carbocycles. The summed E-state index contributed by atoms with van der Waals surface area (Å²) >= 11 is 1.13. The van der Waals surface area contributed by atoms with Crippen LogP contribution in [-0.2, 0) is 16.0 Å². The van der Waals surface area contributed by atoms with Gasteiger partial charge in [-0.25, -0.2) is 14.3 Å². The van der Waals surface area contributed by atoms with Crippen molar-refractivity contribution in [1.82, 2.24) is 14.9 Å². The Bertz CT molecular complexity index is 576. The first kappa shape index (κ1) is 20.2. The molecule has 134 valence electrons. The lowest BCUT2D eigenvalue weighted by atomic mass is 10.0. The third kappa shape index (κ3) is 7.14. The molecule has 1 amide bonds. The molecule has 0 saturated carbocycles. The quantitative estimate of drug-likeness (QED) is 0.604. The highest BCUT2D eigenvalue weighted by Gasteiger charge is 2.21. The van der Waals surface area contributed by atoms with Crippen LogP contribution in [0, 0.1) is 5.92 Å². The van der Waals surface area contributed by atoms with Crippen molar-refractivity contribution in [3.8, 4) is 0 Å². The number of thioether (sulfide) groups is 1. The molecule has 0 radical (unpaired) electrons. The van der Waals surface area contributed by atoms with Gasteiger partial charge in [-0.2, -0.15) is 0 Å². The molecule has 24 heavy (non-hydrogen) atoms. The Hall–Kier alpha value is -1.87. The molecule has 4 N–H and O–H groups in total. The van der Waals surface area contributed by atoms with Gasteiger partial charge in [0.1, 0.15) is 6.33 Å². The number of carbonyl (C=O) groups is 3. The Balaban J connectivity index is 2.56. The minimum absolute atomic E-state index is 0.0205. The normalized spacial score (nSPS) is 13.3. The number of nitrogens with zero attached hydrogens (tertiary/aromatic N) is 2. The van der Waals surface area contributed by atoms with Crippen molar-refractivity contribution in [2.75, 3.05) is 12.3 Å². The van der Waals surface area contributed by atoms with E-state index in [4.69, 9.17) is 10.8 Å². The summed E-state index contributed by atoms with van der Waals surface area (Å²) in [6, 6.07) is -0.197. The highest BCUT2D eigenvalue weighted by molar-refractivity contribution is 8.13. The van der Waals surface area contributed by atoms with Gasteiger partial charge in [-0.3, -0.25) is 9.59 Å². The molecule has 1 rings (SSSR count). The third-order valence-corrected chi connectivity index (χ3v) is 4.35. The number of carboxylic acid groups (broad SMARTS) is 1. The smallest absolute Gasteiger partial charge is 0.416 e. The van der Waals surface area contributed by atoms with E-state index in [1.165, 1.54) is 19.4 Å². The summed E-state index contributed by atoms with van der Waals surface area (Å²) < 4.78 is 0.970. The van der Waals surface area contributed by atoms with Gasteiger partial charge >= 0.3 is 6.09 Å². The summed E-state index contributed by atoms with van der Waals surface area (Å²) in [5.41, 5.74) is 6.08. The highest BCUT2D eigenvalue weighted by atomic mass is 32.2. The fraction of sp³-hybridized carbons (Fsp3) is 0.600. The number of aromatic nitrogens is 2. The standard InChI is InChI=1S/C15H24N4O4S/c1-10(6-13-7-19(9-17-13)15(22)23)18-14(21)12(4-3-5-16)8-24-11(2)20/h7,9-10,12H,3-6,8,16H2,1-2H3,(H,18,21)(H,22,23)/t10-,12?/m1/s1. The predicted octanol–water partition coefficient (Wildman–Crippen LogP) is 1.09. The van der Waals surface area contributed by atoms with Crippen LogP contribution in [0.1, 0.15) is 32.4 Å². The minimum Gasteiger partial charge on any atom is -0.464 e. The van der Waals surface area contributed by atoms with E-state index in [1.54, 1.807) is 0 Å². The van der Waals surface area contributed by atoms with Crippen LogP contribution in [0.25, 0.3) is 0 Å². The second-order valence-electron chi connectivity index (χ2n) is 5.60. The minimum atomic E-state index is -1.10. The summed E-state index contributed by atoms with van der Waals surface area (Å²) in [5.74, 6) is 0.0329. The van der Waals surface area contributed by atoms with E-state index in [1.807, 2.05) is 6.92 Å². The molecule has 0 bridgehead atoms. The van der Waals surface area contributed by atoms with Crippen LogP contribution in [-0.4, -0.2) is 50.1 Å². The number of nitrogens with one attached hydrogen (secondary N) is 1. The Morgan fingerprint density at radius 3 is 2.71 bits per heavy atom. The fourth-order valence-corrected chi connectivity index (χ4v) is 2.93. The number of hydrogen-bond donors (Lipinski definition) is 3. The highest BCUT2D eigenvalue weighted by Crippen LogP contribution is 2.15. The van der Waals surface area contributed by atoms with Crippen LogP contribution >= 0.6 is 11.8 Å². The van der Waals surface area contributed by atoms with Gasteiger partial charge in [0, 0.05) is 37.3 Å². The second-order valence-corrected chi connectivity index (χ2v) is 6.80. The number of carbonyl (C=O) groups excluding carboxylic acids is 2. The van der Waals surface area contributed by atoms with Crippen LogP contribution in [0.5, 0.6) is 0 Å². The average Bonchev–Trinajstić information content (AvgIpc) is 2.95. The molecule has 8 nitrogen and oxygen atoms in total. The molecule has 0 aliphatic heterocycles. The first-order valence-corrected chi connectivity index (χ1v) is 8.72. The Morgan fingerprint density at radius 1 is 1.46 bits per heavy atom. The van der Waals surface area contributed by atoms with Crippen molar-refractivity contribution in [3.05, 3.63) is 18.2 Å². The molecule has 2 atom stereocenters. The average molecular weight is 356 g/mol. The molecule has 1 heterocycles. The molecule has 1 aromatic rings. The monoisotopic (exact) mass is 356 g/mol. The van der Waals surface area contributed by atoms with Crippen molar-refractivity contribution in [2.45, 2.75) is 39.2 Å². The zero-order valence-electron chi connectivity index (χ0n) is 13.9. The van der Waals surface area contributed by atoms with Crippen LogP contribution in [0.3, 0.4) is 0 Å². The van der Waals surface area contributed by atoms with E-state index in [9.17, 15) is 14.4 Å². The van der Waals surface area contributed by atoms with Crippen LogP contribution in [0.2, 0.25) is 0 Å². The van der Waals surface area contributed by atoms with E-state index in [-0.39, 0.29) is 23.0 Å². The van der Waals surface area contributed by atoms with Crippen molar-refractivity contribution in [3.63, 3.8) is 0 Å². The number of rotatable bonds is 9. The largest absolute Gasteiger partial charge is 0.464 e. The molecule has 0 saturated heterocycles. The Morgan fingerprint density at radius 2 is 2.17 bits per heavy atom. The fourth-order valence-electron chi connectivity index (χ4n) is 2.17. The summed E-state index contributed by atoms with van der Waals surface area (Å²) in [4.78, 5) is 38.3. The van der Waals surface area contributed by atoms with Gasteiger partial charge in [-0.1, -0.05) is 11.8 Å². The maximum Gasteiger partial charge on any atom is 0.416 e. The lowest BCUT2D eigenvalue weighted by Crippen LogP contribution is -2.39. The molecule has 1 aromatic heterocycles. The van der Waals surface area contributed by atoms with Gasteiger partial charge in [0.2, 0.25) is 5.91 Å². The second kappa shape index (κ2) is 10.1. The molecule has 9 heteroatoms. The molecule has 0 spiro atoms. The number of nitrogens with two attached hydrogens (primary N) is 1. The van der Waals surface area contributed by atoms with Crippen molar-refractivity contribution >= 4 is 28.9 Å². The predicted molar refractivity (Wildman–Crippen MR) is 91.9 cm³/mol. The van der Waals surface area contributed by atoms with Gasteiger partial charge in [0.25, 0.3) is 0 Å². The lowest BCUT2D eigenvalue weighted by molar-refractivity contribution is -0.125. The van der Waals surface area contributed by atoms with Crippen LogP contribution in [0.15, 0.2) is 12.5 Å². The molecular formula is C15H24N4O4S. The molecular weight excluding hydrogens is 332 g/mol.